The number of guanidine groups is 1. The van der Waals surface area contributed by atoms with Crippen LogP contribution in [0.2, 0.25) is 0 Å². The summed E-state index contributed by atoms with van der Waals surface area (Å²) in [5, 5.41) is 40.3. The van der Waals surface area contributed by atoms with E-state index >= 15 is 0 Å². The van der Waals surface area contributed by atoms with Crippen molar-refractivity contribution in [2.24, 2.45) is 16.5 Å². The molecule has 0 saturated carbocycles. The number of nitrogens with one attached hydrogen (secondary N) is 1. The van der Waals surface area contributed by atoms with Crippen LogP contribution in [0.5, 0.6) is 0 Å². The highest BCUT2D eigenvalue weighted by Gasteiger charge is 2.46. The number of amides is 1. The fourth-order valence-electron chi connectivity index (χ4n) is 2.43. The molecule has 9 N–H and O–H groups in total. The lowest BCUT2D eigenvalue weighted by molar-refractivity contribution is -0.182. The molecule has 0 aromatic rings. The zero-order valence-electron chi connectivity index (χ0n) is 12.5. The van der Waals surface area contributed by atoms with Crippen molar-refractivity contribution < 1.29 is 34.8 Å². The highest BCUT2D eigenvalue weighted by Crippen LogP contribution is 2.26. The summed E-state index contributed by atoms with van der Waals surface area (Å²) in [5.74, 6) is -2.12. The molecular formula is C12H22N4O7. The summed E-state index contributed by atoms with van der Waals surface area (Å²) in [6.07, 6.45) is -6.07. The van der Waals surface area contributed by atoms with Gasteiger partial charge in [-0.05, 0) is 0 Å². The van der Waals surface area contributed by atoms with Gasteiger partial charge in [-0.25, -0.2) is 9.79 Å². The minimum atomic E-state index is -1.66. The number of rotatable bonds is 6. The number of hydrogen-bond donors (Lipinski definition) is 7. The predicted molar refractivity (Wildman–Crippen MR) is 77.2 cm³/mol. The van der Waals surface area contributed by atoms with Crippen LogP contribution in [0.3, 0.4) is 0 Å². The second kappa shape index (κ2) is 8.06. The van der Waals surface area contributed by atoms with Gasteiger partial charge in [0.15, 0.2) is 12.1 Å². The van der Waals surface area contributed by atoms with E-state index in [0.717, 1.165) is 0 Å². The summed E-state index contributed by atoms with van der Waals surface area (Å²) >= 11 is 0. The van der Waals surface area contributed by atoms with Crippen molar-refractivity contribution in [2.45, 2.75) is 49.8 Å². The van der Waals surface area contributed by atoms with Gasteiger partial charge < -0.3 is 41.9 Å². The number of nitrogens with two attached hydrogens (primary N) is 2. The van der Waals surface area contributed by atoms with Crippen molar-refractivity contribution in [3.8, 4) is 0 Å². The van der Waals surface area contributed by atoms with E-state index in [4.69, 9.17) is 26.4 Å². The van der Waals surface area contributed by atoms with Gasteiger partial charge in [0.25, 0.3) is 0 Å². The number of hydrogen-bond acceptors (Lipinski definition) is 7. The number of carbonyl (C=O) groups is 2. The van der Waals surface area contributed by atoms with Crippen LogP contribution in [0.15, 0.2) is 4.99 Å². The van der Waals surface area contributed by atoms with E-state index in [1.165, 1.54) is 6.92 Å². The molecule has 0 aromatic heterocycles. The minimum Gasteiger partial charge on any atom is -0.479 e. The first-order valence-electron chi connectivity index (χ1n) is 6.88. The molecule has 132 valence electrons. The molecule has 1 aliphatic rings. The minimum absolute atomic E-state index is 0.142. The Bertz CT molecular complexity index is 468. The monoisotopic (exact) mass is 334 g/mol. The first-order chi connectivity index (χ1) is 10.7. The van der Waals surface area contributed by atoms with E-state index in [2.05, 4.69) is 10.3 Å². The maximum Gasteiger partial charge on any atom is 0.332 e. The summed E-state index contributed by atoms with van der Waals surface area (Å²) in [6, 6.07) is -1.87. The third-order valence-corrected chi connectivity index (χ3v) is 3.42. The van der Waals surface area contributed by atoms with Gasteiger partial charge in [0.2, 0.25) is 5.91 Å². The second-order valence-electron chi connectivity index (χ2n) is 5.25. The molecule has 0 radical (unpaired) electrons. The van der Waals surface area contributed by atoms with Crippen molar-refractivity contribution in [3.63, 3.8) is 0 Å². The van der Waals surface area contributed by atoms with E-state index < -0.39 is 55.0 Å². The van der Waals surface area contributed by atoms with Gasteiger partial charge in [0, 0.05) is 13.3 Å². The van der Waals surface area contributed by atoms with Crippen molar-refractivity contribution in [3.05, 3.63) is 0 Å². The Balaban J connectivity index is 3.18. The number of aliphatic carboxylic acids is 1. The zero-order chi connectivity index (χ0) is 17.7. The lowest BCUT2D eigenvalue weighted by Crippen LogP contribution is -2.63. The van der Waals surface area contributed by atoms with E-state index in [-0.39, 0.29) is 12.4 Å². The van der Waals surface area contributed by atoms with Gasteiger partial charge in [-0.1, -0.05) is 0 Å². The van der Waals surface area contributed by atoms with Crippen LogP contribution in [0.1, 0.15) is 13.3 Å². The van der Waals surface area contributed by atoms with Crippen LogP contribution in [0, 0.1) is 0 Å². The summed E-state index contributed by atoms with van der Waals surface area (Å²) in [7, 11) is 0. The standard InChI is InChI=1S/C12H22N4O7/c1-4(18)15-8-5(16-12(13)14)2-7(11(21)22)23-10(8)9(20)6(19)3-17/h5-10,17,19-20H,2-3H2,1H3,(H,15,18)(H,21,22)(H4,13,14,16)/t5-,6+,7-,8+,9-,10-/m1/s1. The highest BCUT2D eigenvalue weighted by molar-refractivity contribution is 5.77. The number of nitrogens with zero attached hydrogens (tertiary/aromatic N) is 1. The van der Waals surface area contributed by atoms with Crippen LogP contribution in [0.4, 0.5) is 0 Å². The Morgan fingerprint density at radius 1 is 1.39 bits per heavy atom. The Hall–Kier alpha value is -1.95. The largest absolute Gasteiger partial charge is 0.479 e. The smallest absolute Gasteiger partial charge is 0.332 e. The number of aliphatic imine (C=N–C) groups is 1. The Labute approximate surface area is 131 Å². The molecule has 0 aliphatic carbocycles. The lowest BCUT2D eigenvalue weighted by Gasteiger charge is -2.42. The quantitative estimate of drug-likeness (QED) is 0.187. The Morgan fingerprint density at radius 3 is 2.43 bits per heavy atom. The average molecular weight is 334 g/mol. The van der Waals surface area contributed by atoms with Gasteiger partial charge in [-0.15, -0.1) is 0 Å². The van der Waals surface area contributed by atoms with Crippen molar-refractivity contribution >= 4 is 17.8 Å². The number of carbonyl (C=O) groups excluding carboxylic acids is 1. The number of aliphatic hydroxyl groups excluding tert-OH is 3. The SMILES string of the molecule is CC(=O)N[C@@H]1[C@H]([C@H](O)[C@@H](O)CO)O[C@@H](C(=O)O)C[C@H]1N=C(N)N. The molecule has 23 heavy (non-hydrogen) atoms. The molecule has 1 rings (SSSR count). The molecule has 1 heterocycles. The fourth-order valence-corrected chi connectivity index (χ4v) is 2.43. The molecule has 0 spiro atoms. The van der Waals surface area contributed by atoms with Gasteiger partial charge in [-0.3, -0.25) is 4.79 Å². The van der Waals surface area contributed by atoms with Crippen LogP contribution in [0.25, 0.3) is 0 Å². The van der Waals surface area contributed by atoms with Gasteiger partial charge in [0.1, 0.15) is 18.3 Å². The molecule has 1 saturated heterocycles. The van der Waals surface area contributed by atoms with Crippen molar-refractivity contribution in [1.29, 1.82) is 0 Å². The Kier molecular flexibility index (Phi) is 6.69. The number of carboxylic acid groups (broad SMARTS) is 1. The van der Waals surface area contributed by atoms with Gasteiger partial charge in [0.05, 0.1) is 18.7 Å². The third-order valence-electron chi connectivity index (χ3n) is 3.42. The summed E-state index contributed by atoms with van der Waals surface area (Å²) in [6.45, 7) is 0.431. The normalized spacial score (nSPS) is 30.1. The molecule has 0 unspecified atom stereocenters. The predicted octanol–water partition coefficient (Wildman–Crippen LogP) is -3.91. The first-order valence-corrected chi connectivity index (χ1v) is 6.88. The summed E-state index contributed by atoms with van der Waals surface area (Å²) in [4.78, 5) is 26.5. The summed E-state index contributed by atoms with van der Waals surface area (Å²) < 4.78 is 5.27. The fraction of sp³-hybridized carbons (Fsp3) is 0.750. The summed E-state index contributed by atoms with van der Waals surface area (Å²) in [5.41, 5.74) is 10.6. The number of carboxylic acids is 1. The highest BCUT2D eigenvalue weighted by atomic mass is 16.5. The molecule has 11 nitrogen and oxygen atoms in total. The van der Waals surface area contributed by atoms with Crippen molar-refractivity contribution in [2.75, 3.05) is 6.61 Å². The molecule has 1 aliphatic heterocycles. The Morgan fingerprint density at radius 2 is 2.00 bits per heavy atom. The van der Waals surface area contributed by atoms with E-state index in [0.29, 0.717) is 0 Å². The van der Waals surface area contributed by atoms with Crippen LogP contribution >= 0.6 is 0 Å². The van der Waals surface area contributed by atoms with Gasteiger partial charge in [-0.2, -0.15) is 0 Å². The molecule has 1 fully saturated rings. The average Bonchev–Trinajstić information content (AvgIpc) is 2.45. The van der Waals surface area contributed by atoms with E-state index in [1.807, 2.05) is 0 Å². The molecular weight excluding hydrogens is 312 g/mol. The maximum absolute atomic E-state index is 11.4. The third kappa shape index (κ3) is 5.03. The van der Waals surface area contributed by atoms with Crippen LogP contribution in [-0.2, 0) is 14.3 Å². The number of ether oxygens (including phenoxy) is 1. The molecule has 11 heteroatoms. The van der Waals surface area contributed by atoms with Crippen LogP contribution in [-0.4, -0.2) is 81.4 Å². The van der Waals surface area contributed by atoms with E-state index in [9.17, 15) is 19.8 Å². The first kappa shape index (κ1) is 19.1. The number of aliphatic hydroxyl groups is 3. The molecule has 6 atom stereocenters. The topological polar surface area (TPSA) is 201 Å². The second-order valence-corrected chi connectivity index (χ2v) is 5.25. The lowest BCUT2D eigenvalue weighted by atomic mass is 9.88. The zero-order valence-corrected chi connectivity index (χ0v) is 12.5. The van der Waals surface area contributed by atoms with E-state index in [1.54, 1.807) is 0 Å². The molecule has 1 amide bonds. The van der Waals surface area contributed by atoms with Crippen molar-refractivity contribution in [1.82, 2.24) is 5.32 Å². The van der Waals surface area contributed by atoms with Gasteiger partial charge >= 0.3 is 5.97 Å². The molecule has 0 aromatic carbocycles. The van der Waals surface area contributed by atoms with Crippen LogP contribution < -0.4 is 16.8 Å². The molecule has 0 bridgehead atoms. The maximum atomic E-state index is 11.4.